The van der Waals surface area contributed by atoms with Gasteiger partial charge in [0.15, 0.2) is 0 Å². The molecule has 0 heterocycles. The Kier molecular flexibility index (Phi) is 6.35. The molecule has 4 nitrogen and oxygen atoms in total. The Balaban J connectivity index is 2.62. The van der Waals surface area contributed by atoms with Crippen molar-refractivity contribution in [3.63, 3.8) is 0 Å². The fourth-order valence-electron chi connectivity index (χ4n) is 1.62. The minimum absolute atomic E-state index is 0.0877. The molecule has 0 aromatic heterocycles. The van der Waals surface area contributed by atoms with Crippen LogP contribution in [0.25, 0.3) is 0 Å². The van der Waals surface area contributed by atoms with E-state index in [0.717, 1.165) is 0 Å². The molecule has 0 amide bonds. The lowest BCUT2D eigenvalue weighted by Crippen LogP contribution is -2.12. The van der Waals surface area contributed by atoms with E-state index in [9.17, 15) is 13.8 Å². The maximum atomic E-state index is 12.7. The smallest absolute Gasteiger partial charge is 0.309 e. The van der Waals surface area contributed by atoms with E-state index in [2.05, 4.69) is 0 Å². The molecule has 1 aromatic rings. The van der Waals surface area contributed by atoms with Crippen molar-refractivity contribution in [3.8, 4) is 0 Å². The van der Waals surface area contributed by atoms with Gasteiger partial charge < -0.3 is 9.05 Å². The molecule has 0 unspecified atom stereocenters. The SMILES string of the molecule is CCOP(=O)(CC(=O)Cc1ccc(F)cc1)OCC. The molecule has 0 saturated carbocycles. The van der Waals surface area contributed by atoms with Crippen molar-refractivity contribution in [2.45, 2.75) is 20.3 Å². The van der Waals surface area contributed by atoms with Gasteiger partial charge in [-0.3, -0.25) is 9.36 Å². The van der Waals surface area contributed by atoms with Crippen molar-refractivity contribution >= 4 is 13.4 Å². The van der Waals surface area contributed by atoms with Crippen molar-refractivity contribution in [1.29, 1.82) is 0 Å². The van der Waals surface area contributed by atoms with Crippen LogP contribution in [0.4, 0.5) is 4.39 Å². The molecule has 0 aliphatic carbocycles. The summed E-state index contributed by atoms with van der Waals surface area (Å²) in [7, 11) is -3.35. The zero-order valence-electron chi connectivity index (χ0n) is 11.1. The van der Waals surface area contributed by atoms with E-state index in [1.165, 1.54) is 24.3 Å². The molecule has 0 radical (unpaired) electrons. The summed E-state index contributed by atoms with van der Waals surface area (Å²) < 4.78 is 35.0. The van der Waals surface area contributed by atoms with Gasteiger partial charge in [-0.25, -0.2) is 4.39 Å². The molecular formula is C13H18FO4P. The Hall–Kier alpha value is -1.03. The predicted molar refractivity (Wildman–Crippen MR) is 70.8 cm³/mol. The number of hydrogen-bond donors (Lipinski definition) is 0. The van der Waals surface area contributed by atoms with Crippen molar-refractivity contribution in [3.05, 3.63) is 35.6 Å². The average Bonchev–Trinajstić information content (AvgIpc) is 2.32. The topological polar surface area (TPSA) is 52.6 Å². The molecule has 106 valence electrons. The lowest BCUT2D eigenvalue weighted by Gasteiger charge is -2.16. The third-order valence-electron chi connectivity index (χ3n) is 2.34. The third kappa shape index (κ3) is 5.64. The summed E-state index contributed by atoms with van der Waals surface area (Å²) in [5.41, 5.74) is 0.672. The summed E-state index contributed by atoms with van der Waals surface area (Å²) in [6.07, 6.45) is -0.170. The Labute approximate surface area is 112 Å². The number of ketones is 1. The second-order valence-electron chi connectivity index (χ2n) is 3.95. The number of Topliss-reactive ketones (excluding diaryl/α,β-unsaturated/α-hetero) is 1. The molecule has 0 aliphatic heterocycles. The molecule has 1 aromatic carbocycles. The van der Waals surface area contributed by atoms with Gasteiger partial charge in [0, 0.05) is 6.42 Å². The largest absolute Gasteiger partial charge is 0.338 e. The van der Waals surface area contributed by atoms with Gasteiger partial charge in [-0.2, -0.15) is 0 Å². The number of halogens is 1. The van der Waals surface area contributed by atoms with Crippen molar-refractivity contribution in [1.82, 2.24) is 0 Å². The Morgan fingerprint density at radius 3 is 2.16 bits per heavy atom. The van der Waals surface area contributed by atoms with Gasteiger partial charge in [0.25, 0.3) is 0 Å². The van der Waals surface area contributed by atoms with E-state index in [1.807, 2.05) is 0 Å². The highest BCUT2D eigenvalue weighted by Crippen LogP contribution is 2.47. The molecule has 1 rings (SSSR count). The summed E-state index contributed by atoms with van der Waals surface area (Å²) in [6, 6.07) is 5.62. The van der Waals surface area contributed by atoms with Crippen LogP contribution in [0.3, 0.4) is 0 Å². The first-order chi connectivity index (χ1) is 8.99. The number of benzene rings is 1. The van der Waals surface area contributed by atoms with Crippen LogP contribution >= 0.6 is 7.60 Å². The zero-order valence-corrected chi connectivity index (χ0v) is 12.0. The number of rotatable bonds is 8. The molecule has 0 fully saturated rings. The first kappa shape index (κ1) is 16.0. The van der Waals surface area contributed by atoms with E-state index >= 15 is 0 Å². The van der Waals surface area contributed by atoms with Gasteiger partial charge in [0.1, 0.15) is 17.8 Å². The first-order valence-electron chi connectivity index (χ1n) is 6.13. The van der Waals surface area contributed by atoms with E-state index in [-0.39, 0.29) is 37.4 Å². The van der Waals surface area contributed by atoms with Crippen LogP contribution in [-0.2, 0) is 24.8 Å². The van der Waals surface area contributed by atoms with Crippen LogP contribution in [0.5, 0.6) is 0 Å². The minimum Gasteiger partial charge on any atom is -0.309 e. The number of carbonyl (C=O) groups excluding carboxylic acids is 1. The molecule has 0 bridgehead atoms. The maximum absolute atomic E-state index is 12.7. The molecule has 0 N–H and O–H groups in total. The molecule has 0 atom stereocenters. The second-order valence-corrected chi connectivity index (χ2v) is 6.00. The molecule has 0 aliphatic rings. The number of carbonyl (C=O) groups is 1. The highest BCUT2D eigenvalue weighted by atomic mass is 31.2. The average molecular weight is 288 g/mol. The predicted octanol–water partition coefficient (Wildman–Crippen LogP) is 3.20. The van der Waals surface area contributed by atoms with Crippen molar-refractivity contribution < 1.29 is 22.8 Å². The Morgan fingerprint density at radius 2 is 1.68 bits per heavy atom. The summed E-state index contributed by atoms with van der Waals surface area (Å²) in [4.78, 5) is 11.8. The van der Waals surface area contributed by atoms with Gasteiger partial charge in [-0.15, -0.1) is 0 Å². The maximum Gasteiger partial charge on any atom is 0.338 e. The summed E-state index contributed by atoms with van der Waals surface area (Å²) in [5, 5.41) is 0. The van der Waals surface area contributed by atoms with Gasteiger partial charge in [-0.05, 0) is 31.5 Å². The van der Waals surface area contributed by atoms with E-state index in [4.69, 9.17) is 9.05 Å². The third-order valence-corrected chi connectivity index (χ3v) is 4.38. The van der Waals surface area contributed by atoms with Crippen LogP contribution in [0.2, 0.25) is 0 Å². The van der Waals surface area contributed by atoms with Crippen molar-refractivity contribution in [2.24, 2.45) is 0 Å². The zero-order chi connectivity index (χ0) is 14.3. The fraction of sp³-hybridized carbons (Fsp3) is 0.462. The second kappa shape index (κ2) is 7.53. The van der Waals surface area contributed by atoms with E-state index in [0.29, 0.717) is 5.56 Å². The molecular weight excluding hydrogens is 270 g/mol. The molecule has 6 heteroatoms. The van der Waals surface area contributed by atoms with E-state index < -0.39 is 7.60 Å². The molecule has 19 heavy (non-hydrogen) atoms. The van der Waals surface area contributed by atoms with E-state index in [1.54, 1.807) is 13.8 Å². The van der Waals surface area contributed by atoms with Gasteiger partial charge >= 0.3 is 7.60 Å². The number of hydrogen-bond acceptors (Lipinski definition) is 4. The first-order valence-corrected chi connectivity index (χ1v) is 7.86. The minimum atomic E-state index is -3.35. The van der Waals surface area contributed by atoms with Crippen LogP contribution in [0.15, 0.2) is 24.3 Å². The molecule has 0 saturated heterocycles. The summed E-state index contributed by atoms with van der Waals surface area (Å²) >= 11 is 0. The van der Waals surface area contributed by atoms with Crippen LogP contribution in [-0.4, -0.2) is 25.2 Å². The summed E-state index contributed by atoms with van der Waals surface area (Å²) in [5.74, 6) is -0.609. The fourth-order valence-corrected chi connectivity index (χ4v) is 3.21. The Bertz CT molecular complexity index is 448. The van der Waals surface area contributed by atoms with Crippen molar-refractivity contribution in [2.75, 3.05) is 19.4 Å². The van der Waals surface area contributed by atoms with Crippen LogP contribution in [0, 0.1) is 5.82 Å². The van der Waals surface area contributed by atoms with Gasteiger partial charge in [-0.1, -0.05) is 12.1 Å². The Morgan fingerprint density at radius 1 is 1.16 bits per heavy atom. The molecule has 0 spiro atoms. The normalized spacial score (nSPS) is 11.5. The highest BCUT2D eigenvalue weighted by molar-refractivity contribution is 7.54. The quantitative estimate of drug-likeness (QED) is 0.689. The lowest BCUT2D eigenvalue weighted by molar-refractivity contribution is -0.116. The highest BCUT2D eigenvalue weighted by Gasteiger charge is 2.27. The van der Waals surface area contributed by atoms with Gasteiger partial charge in [0.2, 0.25) is 0 Å². The monoisotopic (exact) mass is 288 g/mol. The van der Waals surface area contributed by atoms with Crippen LogP contribution in [0.1, 0.15) is 19.4 Å². The standard InChI is InChI=1S/C13H18FO4P/c1-3-17-19(16,18-4-2)10-13(15)9-11-5-7-12(14)8-6-11/h5-8H,3-4,9-10H2,1-2H3. The van der Waals surface area contributed by atoms with Gasteiger partial charge in [0.05, 0.1) is 13.2 Å². The van der Waals surface area contributed by atoms with Crippen LogP contribution < -0.4 is 0 Å². The summed E-state index contributed by atoms with van der Waals surface area (Å²) in [6.45, 7) is 3.83. The lowest BCUT2D eigenvalue weighted by atomic mass is 10.1.